The number of para-hydroxylation sites is 1. The summed E-state index contributed by atoms with van der Waals surface area (Å²) in [6, 6.07) is 15.9. The highest BCUT2D eigenvalue weighted by Crippen LogP contribution is 2.28. The average Bonchev–Trinajstić information content (AvgIpc) is 2.54. The maximum Gasteiger partial charge on any atom is 0.286 e. The van der Waals surface area contributed by atoms with Gasteiger partial charge in [0, 0.05) is 30.2 Å². The summed E-state index contributed by atoms with van der Waals surface area (Å²) in [6.45, 7) is 2.59. The molecule has 3 nitrogen and oxygen atoms in total. The molecule has 0 aliphatic rings. The van der Waals surface area contributed by atoms with Gasteiger partial charge in [-0.1, -0.05) is 41.7 Å². The lowest BCUT2D eigenvalue weighted by molar-refractivity contribution is 0.241. The van der Waals surface area contributed by atoms with Gasteiger partial charge in [-0.15, -0.1) is 0 Å². The van der Waals surface area contributed by atoms with E-state index in [0.717, 1.165) is 16.1 Å². The van der Waals surface area contributed by atoms with E-state index in [9.17, 15) is 4.79 Å². The number of nitrogens with zero attached hydrogens (tertiary/aromatic N) is 1. The number of aryl methyl sites for hydroxylation is 1. The van der Waals surface area contributed by atoms with Crippen LogP contribution in [0.15, 0.2) is 53.4 Å². The zero-order chi connectivity index (χ0) is 16.7. The van der Waals surface area contributed by atoms with Crippen molar-refractivity contribution in [3.63, 3.8) is 0 Å². The molecule has 4 heteroatoms. The molecule has 2 rings (SSSR count). The predicted molar refractivity (Wildman–Crippen MR) is 97.9 cm³/mol. The molecule has 2 aromatic rings. The molecule has 0 spiro atoms. The van der Waals surface area contributed by atoms with E-state index in [4.69, 9.17) is 0 Å². The molecule has 118 valence electrons. The Bertz CT molecular complexity index is 727. The highest BCUT2D eigenvalue weighted by molar-refractivity contribution is 8.13. The highest BCUT2D eigenvalue weighted by atomic mass is 32.2. The van der Waals surface area contributed by atoms with E-state index in [1.807, 2.05) is 36.4 Å². The first-order valence-corrected chi connectivity index (χ1v) is 8.15. The molecule has 0 aromatic heterocycles. The van der Waals surface area contributed by atoms with Crippen LogP contribution in [-0.4, -0.2) is 30.8 Å². The lowest BCUT2D eigenvalue weighted by atomic mass is 10.1. The second-order valence-electron chi connectivity index (χ2n) is 5.28. The SMILES string of the molecule is Cc1ccc(C#CCNc2ccccc2SC(=O)N(C)C)cc1. The van der Waals surface area contributed by atoms with Crippen molar-refractivity contribution in [2.24, 2.45) is 0 Å². The number of hydrogen-bond donors (Lipinski definition) is 1. The van der Waals surface area contributed by atoms with Gasteiger partial charge in [-0.3, -0.25) is 4.79 Å². The smallest absolute Gasteiger partial charge is 0.286 e. The Morgan fingerprint density at radius 2 is 1.83 bits per heavy atom. The van der Waals surface area contributed by atoms with Gasteiger partial charge in [-0.2, -0.15) is 0 Å². The van der Waals surface area contributed by atoms with Gasteiger partial charge in [0.2, 0.25) is 0 Å². The third-order valence-electron chi connectivity index (χ3n) is 3.10. The van der Waals surface area contributed by atoms with Crippen molar-refractivity contribution < 1.29 is 4.79 Å². The van der Waals surface area contributed by atoms with Crippen LogP contribution in [0.5, 0.6) is 0 Å². The Hall–Kier alpha value is -2.38. The molecular weight excluding hydrogens is 304 g/mol. The standard InChI is InChI=1S/C19H20N2OS/c1-15-10-12-16(13-11-15)7-6-14-20-17-8-4-5-9-18(17)23-19(22)21(2)3/h4-5,8-13,20H,14H2,1-3H3. The topological polar surface area (TPSA) is 32.3 Å². The lowest BCUT2D eigenvalue weighted by Gasteiger charge is -2.12. The van der Waals surface area contributed by atoms with Gasteiger partial charge in [-0.05, 0) is 43.0 Å². The van der Waals surface area contributed by atoms with Gasteiger partial charge < -0.3 is 10.2 Å². The van der Waals surface area contributed by atoms with Crippen LogP contribution in [0.25, 0.3) is 0 Å². The number of thioether (sulfide) groups is 1. The van der Waals surface area contributed by atoms with Crippen LogP contribution in [0.1, 0.15) is 11.1 Å². The molecule has 0 fully saturated rings. The van der Waals surface area contributed by atoms with Crippen LogP contribution in [0.2, 0.25) is 0 Å². The van der Waals surface area contributed by atoms with E-state index >= 15 is 0 Å². The molecule has 0 unspecified atom stereocenters. The number of carbonyl (C=O) groups excluding carboxylic acids is 1. The maximum absolute atomic E-state index is 11.8. The molecular formula is C19H20N2OS. The summed E-state index contributed by atoms with van der Waals surface area (Å²) in [7, 11) is 3.50. The van der Waals surface area contributed by atoms with Crippen LogP contribution < -0.4 is 5.32 Å². The maximum atomic E-state index is 11.8. The number of nitrogens with one attached hydrogen (secondary N) is 1. The normalized spacial score (nSPS) is 9.70. The Balaban J connectivity index is 1.98. The van der Waals surface area contributed by atoms with Crippen molar-refractivity contribution in [1.29, 1.82) is 0 Å². The molecule has 2 aromatic carbocycles. The summed E-state index contributed by atoms with van der Waals surface area (Å²) in [6.07, 6.45) is 0. The van der Waals surface area contributed by atoms with Crippen molar-refractivity contribution in [2.75, 3.05) is 26.0 Å². The van der Waals surface area contributed by atoms with E-state index in [-0.39, 0.29) is 5.24 Å². The Morgan fingerprint density at radius 3 is 2.52 bits per heavy atom. The molecule has 0 saturated heterocycles. The summed E-state index contributed by atoms with van der Waals surface area (Å²) in [4.78, 5) is 14.3. The molecule has 0 aliphatic heterocycles. The zero-order valence-corrected chi connectivity index (χ0v) is 14.4. The number of benzene rings is 2. The minimum Gasteiger partial charge on any atom is -0.373 e. The first-order valence-electron chi connectivity index (χ1n) is 7.34. The summed E-state index contributed by atoms with van der Waals surface area (Å²) in [5, 5.41) is 3.28. The van der Waals surface area contributed by atoms with Gasteiger partial charge in [0.05, 0.1) is 6.54 Å². The van der Waals surface area contributed by atoms with Gasteiger partial charge in [0.15, 0.2) is 0 Å². The number of rotatable bonds is 3. The third kappa shape index (κ3) is 5.39. The average molecular weight is 324 g/mol. The largest absolute Gasteiger partial charge is 0.373 e. The first-order chi connectivity index (χ1) is 11.1. The molecule has 0 radical (unpaired) electrons. The van der Waals surface area contributed by atoms with Crippen LogP contribution in [0.4, 0.5) is 10.5 Å². The number of hydrogen-bond acceptors (Lipinski definition) is 3. The quantitative estimate of drug-likeness (QED) is 0.677. The number of anilines is 1. The summed E-state index contributed by atoms with van der Waals surface area (Å²) in [5.41, 5.74) is 3.15. The monoisotopic (exact) mass is 324 g/mol. The van der Waals surface area contributed by atoms with Crippen molar-refractivity contribution >= 4 is 22.7 Å². The van der Waals surface area contributed by atoms with Gasteiger partial charge >= 0.3 is 0 Å². The summed E-state index contributed by atoms with van der Waals surface area (Å²) >= 11 is 1.21. The molecule has 0 atom stereocenters. The zero-order valence-electron chi connectivity index (χ0n) is 13.6. The Morgan fingerprint density at radius 1 is 1.13 bits per heavy atom. The van der Waals surface area contributed by atoms with Crippen molar-refractivity contribution in [3.8, 4) is 11.8 Å². The molecule has 23 heavy (non-hydrogen) atoms. The fourth-order valence-electron chi connectivity index (χ4n) is 1.81. The van der Waals surface area contributed by atoms with Crippen LogP contribution in [0, 0.1) is 18.8 Å². The van der Waals surface area contributed by atoms with Crippen LogP contribution in [0.3, 0.4) is 0 Å². The third-order valence-corrected chi connectivity index (χ3v) is 4.22. The molecule has 0 heterocycles. The van der Waals surface area contributed by atoms with Gasteiger partial charge in [0.1, 0.15) is 0 Å². The molecule has 1 amide bonds. The van der Waals surface area contributed by atoms with E-state index in [2.05, 4.69) is 36.2 Å². The van der Waals surface area contributed by atoms with E-state index in [1.165, 1.54) is 17.3 Å². The van der Waals surface area contributed by atoms with Crippen LogP contribution >= 0.6 is 11.8 Å². The summed E-state index contributed by atoms with van der Waals surface area (Å²) in [5.74, 6) is 6.23. The minimum absolute atomic E-state index is 0.00462. The molecule has 0 bridgehead atoms. The lowest BCUT2D eigenvalue weighted by Crippen LogP contribution is -2.16. The molecule has 0 aliphatic carbocycles. The second-order valence-corrected chi connectivity index (χ2v) is 6.27. The van der Waals surface area contributed by atoms with Crippen molar-refractivity contribution in [1.82, 2.24) is 4.90 Å². The number of carbonyl (C=O) groups is 1. The van der Waals surface area contributed by atoms with E-state index < -0.39 is 0 Å². The van der Waals surface area contributed by atoms with Crippen LogP contribution in [-0.2, 0) is 0 Å². The Kier molecular flexibility index (Phi) is 6.13. The Labute approximate surface area is 142 Å². The van der Waals surface area contributed by atoms with Crippen molar-refractivity contribution in [3.05, 3.63) is 59.7 Å². The van der Waals surface area contributed by atoms with Gasteiger partial charge in [0.25, 0.3) is 5.24 Å². The van der Waals surface area contributed by atoms with Gasteiger partial charge in [-0.25, -0.2) is 0 Å². The summed E-state index contributed by atoms with van der Waals surface area (Å²) < 4.78 is 0. The van der Waals surface area contributed by atoms with Crippen molar-refractivity contribution in [2.45, 2.75) is 11.8 Å². The van der Waals surface area contributed by atoms with E-state index in [0.29, 0.717) is 6.54 Å². The highest BCUT2D eigenvalue weighted by Gasteiger charge is 2.09. The molecule has 1 N–H and O–H groups in total. The fraction of sp³-hybridized carbons (Fsp3) is 0.211. The second kappa shape index (κ2) is 8.30. The fourth-order valence-corrected chi connectivity index (χ4v) is 2.58. The predicted octanol–water partition coefficient (Wildman–Crippen LogP) is 4.23. The first kappa shape index (κ1) is 17.0. The van der Waals surface area contributed by atoms with E-state index in [1.54, 1.807) is 19.0 Å². The number of amides is 1. The molecule has 0 saturated carbocycles. The minimum atomic E-state index is 0.00462.